The van der Waals surface area contributed by atoms with Crippen LogP contribution in [0.5, 0.6) is 5.75 Å². The Hall–Kier alpha value is -1.06. The molecule has 1 N–H and O–H groups in total. The lowest BCUT2D eigenvalue weighted by atomic mass is 9.95. The van der Waals surface area contributed by atoms with E-state index in [0.717, 1.165) is 44.6 Å². The molecule has 1 aromatic carbocycles. The van der Waals surface area contributed by atoms with Crippen molar-refractivity contribution in [2.24, 2.45) is 0 Å². The average molecular weight is 275 g/mol. The third-order valence-corrected chi connectivity index (χ3v) is 4.48. The zero-order valence-corrected chi connectivity index (χ0v) is 12.4. The van der Waals surface area contributed by atoms with Crippen molar-refractivity contribution in [2.75, 3.05) is 20.3 Å². The summed E-state index contributed by atoms with van der Waals surface area (Å²) < 4.78 is 11.4. The van der Waals surface area contributed by atoms with E-state index in [2.05, 4.69) is 30.6 Å². The van der Waals surface area contributed by atoms with Crippen LogP contribution in [0.25, 0.3) is 0 Å². The van der Waals surface area contributed by atoms with Crippen LogP contribution in [0, 0.1) is 0 Å². The minimum Gasteiger partial charge on any atom is -0.493 e. The molecular formula is C17H25NO2. The number of hydrogen-bond acceptors (Lipinski definition) is 3. The van der Waals surface area contributed by atoms with E-state index in [4.69, 9.17) is 9.47 Å². The summed E-state index contributed by atoms with van der Waals surface area (Å²) in [5, 5.41) is 3.45. The molecule has 0 bridgehead atoms. The van der Waals surface area contributed by atoms with Gasteiger partial charge in [-0.1, -0.05) is 12.1 Å². The second-order valence-corrected chi connectivity index (χ2v) is 5.87. The molecule has 2 aliphatic rings. The largest absolute Gasteiger partial charge is 0.493 e. The van der Waals surface area contributed by atoms with Crippen LogP contribution in [-0.2, 0) is 11.2 Å². The summed E-state index contributed by atoms with van der Waals surface area (Å²) in [5.41, 5.74) is 2.75. The van der Waals surface area contributed by atoms with E-state index < -0.39 is 0 Å². The predicted molar refractivity (Wildman–Crippen MR) is 80.3 cm³/mol. The Balaban J connectivity index is 1.65. The minimum absolute atomic E-state index is 0.423. The Kier molecular flexibility index (Phi) is 4.58. The third-order valence-electron chi connectivity index (χ3n) is 4.48. The highest BCUT2D eigenvalue weighted by molar-refractivity contribution is 5.39. The first-order valence-corrected chi connectivity index (χ1v) is 7.91. The number of hydrogen-bond donors (Lipinski definition) is 1. The Labute approximate surface area is 121 Å². The van der Waals surface area contributed by atoms with Crippen molar-refractivity contribution in [3.63, 3.8) is 0 Å². The number of nitrogens with one attached hydrogen (secondary N) is 1. The van der Waals surface area contributed by atoms with Gasteiger partial charge in [0.15, 0.2) is 0 Å². The summed E-state index contributed by atoms with van der Waals surface area (Å²) in [5.74, 6) is 1.08. The van der Waals surface area contributed by atoms with E-state index in [1.165, 1.54) is 24.0 Å². The molecule has 0 aromatic heterocycles. The summed E-state index contributed by atoms with van der Waals surface area (Å²) in [4.78, 5) is 0. The second kappa shape index (κ2) is 6.59. The fraction of sp³-hybridized carbons (Fsp3) is 0.647. The van der Waals surface area contributed by atoms with Gasteiger partial charge in [-0.2, -0.15) is 0 Å². The zero-order valence-electron chi connectivity index (χ0n) is 12.4. The first-order valence-electron chi connectivity index (χ1n) is 7.91. The van der Waals surface area contributed by atoms with Gasteiger partial charge in [0.05, 0.1) is 12.7 Å². The molecule has 1 fully saturated rings. The molecule has 110 valence electrons. The van der Waals surface area contributed by atoms with Crippen molar-refractivity contribution < 1.29 is 9.47 Å². The Morgan fingerprint density at radius 2 is 2.25 bits per heavy atom. The van der Waals surface area contributed by atoms with Crippen LogP contribution in [-0.4, -0.2) is 26.4 Å². The number of rotatable bonds is 5. The lowest BCUT2D eigenvalue weighted by molar-refractivity contribution is 0.0998. The first kappa shape index (κ1) is 13.9. The molecule has 0 radical (unpaired) electrons. The Bertz CT molecular complexity index is 441. The molecule has 20 heavy (non-hydrogen) atoms. The molecule has 3 nitrogen and oxygen atoms in total. The number of benzene rings is 1. The fourth-order valence-corrected chi connectivity index (χ4v) is 3.30. The van der Waals surface area contributed by atoms with Crippen LogP contribution in [0.1, 0.15) is 49.3 Å². The SMILES string of the molecule is CNC(CCC1CCCO1)c1ccc2c(c1)CCCO2. The molecular weight excluding hydrogens is 250 g/mol. The summed E-state index contributed by atoms with van der Waals surface area (Å²) in [6.45, 7) is 1.81. The van der Waals surface area contributed by atoms with Crippen molar-refractivity contribution in [1.29, 1.82) is 0 Å². The van der Waals surface area contributed by atoms with E-state index in [1.807, 2.05) is 0 Å². The van der Waals surface area contributed by atoms with E-state index in [9.17, 15) is 0 Å². The maximum atomic E-state index is 5.73. The van der Waals surface area contributed by atoms with E-state index in [-0.39, 0.29) is 0 Å². The third kappa shape index (κ3) is 3.15. The monoisotopic (exact) mass is 275 g/mol. The van der Waals surface area contributed by atoms with Crippen LogP contribution in [0.4, 0.5) is 0 Å². The van der Waals surface area contributed by atoms with Gasteiger partial charge < -0.3 is 14.8 Å². The van der Waals surface area contributed by atoms with Crippen molar-refractivity contribution in [3.8, 4) is 5.75 Å². The standard InChI is InChI=1S/C17H25NO2/c1-18-16(8-7-15-5-3-10-19-15)13-6-9-17-14(12-13)4-2-11-20-17/h6,9,12,15-16,18H,2-5,7-8,10-11H2,1H3. The average Bonchev–Trinajstić information content (AvgIpc) is 3.01. The van der Waals surface area contributed by atoms with E-state index in [1.54, 1.807) is 0 Å². The van der Waals surface area contributed by atoms with Crippen LogP contribution >= 0.6 is 0 Å². The van der Waals surface area contributed by atoms with Gasteiger partial charge in [0, 0.05) is 12.6 Å². The number of fused-ring (bicyclic) bond motifs is 1. The Morgan fingerprint density at radius 3 is 3.05 bits per heavy atom. The highest BCUT2D eigenvalue weighted by Gasteiger charge is 2.19. The molecule has 0 saturated carbocycles. The van der Waals surface area contributed by atoms with E-state index >= 15 is 0 Å². The summed E-state index contributed by atoms with van der Waals surface area (Å²) in [7, 11) is 2.05. The topological polar surface area (TPSA) is 30.5 Å². The van der Waals surface area contributed by atoms with Crippen LogP contribution in [0.15, 0.2) is 18.2 Å². The molecule has 0 spiro atoms. The molecule has 2 aliphatic heterocycles. The Morgan fingerprint density at radius 1 is 1.30 bits per heavy atom. The lowest BCUT2D eigenvalue weighted by Crippen LogP contribution is -2.19. The van der Waals surface area contributed by atoms with Crippen molar-refractivity contribution >= 4 is 0 Å². The maximum absolute atomic E-state index is 5.73. The maximum Gasteiger partial charge on any atom is 0.122 e. The molecule has 3 rings (SSSR count). The van der Waals surface area contributed by atoms with Crippen LogP contribution < -0.4 is 10.1 Å². The highest BCUT2D eigenvalue weighted by Crippen LogP contribution is 2.30. The molecule has 0 aliphatic carbocycles. The molecule has 2 heterocycles. The fourth-order valence-electron chi connectivity index (χ4n) is 3.30. The van der Waals surface area contributed by atoms with E-state index in [0.29, 0.717) is 12.1 Å². The van der Waals surface area contributed by atoms with Gasteiger partial charge in [-0.25, -0.2) is 0 Å². The molecule has 3 heteroatoms. The summed E-state index contributed by atoms with van der Waals surface area (Å²) >= 11 is 0. The quantitative estimate of drug-likeness (QED) is 0.895. The highest BCUT2D eigenvalue weighted by atomic mass is 16.5. The van der Waals surface area contributed by atoms with Crippen molar-refractivity contribution in [2.45, 2.75) is 50.7 Å². The molecule has 0 amide bonds. The van der Waals surface area contributed by atoms with Gasteiger partial charge in [-0.05, 0) is 62.8 Å². The number of aryl methyl sites for hydroxylation is 1. The molecule has 1 saturated heterocycles. The number of ether oxygens (including phenoxy) is 2. The lowest BCUT2D eigenvalue weighted by Gasteiger charge is -2.22. The molecule has 1 aromatic rings. The van der Waals surface area contributed by atoms with Gasteiger partial charge in [-0.3, -0.25) is 0 Å². The predicted octanol–water partition coefficient (Wildman–Crippen LogP) is 3.23. The first-order chi connectivity index (χ1) is 9.86. The van der Waals surface area contributed by atoms with Gasteiger partial charge in [0.1, 0.15) is 5.75 Å². The molecule has 2 atom stereocenters. The summed E-state index contributed by atoms with van der Waals surface area (Å²) in [6, 6.07) is 7.10. The van der Waals surface area contributed by atoms with Crippen molar-refractivity contribution in [3.05, 3.63) is 29.3 Å². The van der Waals surface area contributed by atoms with Crippen molar-refractivity contribution in [1.82, 2.24) is 5.32 Å². The van der Waals surface area contributed by atoms with Crippen LogP contribution in [0.3, 0.4) is 0 Å². The normalized spacial score (nSPS) is 23.1. The van der Waals surface area contributed by atoms with Gasteiger partial charge in [0.2, 0.25) is 0 Å². The molecule has 2 unspecified atom stereocenters. The van der Waals surface area contributed by atoms with Gasteiger partial charge in [-0.15, -0.1) is 0 Å². The van der Waals surface area contributed by atoms with Gasteiger partial charge >= 0.3 is 0 Å². The zero-order chi connectivity index (χ0) is 13.8. The van der Waals surface area contributed by atoms with Crippen LogP contribution in [0.2, 0.25) is 0 Å². The van der Waals surface area contributed by atoms with Gasteiger partial charge in [0.25, 0.3) is 0 Å². The second-order valence-electron chi connectivity index (χ2n) is 5.87. The summed E-state index contributed by atoms with van der Waals surface area (Å²) in [6.07, 6.45) is 7.51. The smallest absolute Gasteiger partial charge is 0.122 e. The minimum atomic E-state index is 0.423.